The fourth-order valence-corrected chi connectivity index (χ4v) is 2.94. The molecule has 0 heteroatoms. The zero-order valence-corrected chi connectivity index (χ0v) is 9.64. The maximum atomic E-state index is 4.11. The minimum Gasteiger partial charge on any atom is -0.0999 e. The first kappa shape index (κ1) is 10.8. The highest BCUT2D eigenvalue weighted by Crippen LogP contribution is 2.44. The van der Waals surface area contributed by atoms with Crippen molar-refractivity contribution in [3.63, 3.8) is 0 Å². The Balaban J connectivity index is 2.53. The third kappa shape index (κ3) is 2.15. The molecule has 0 saturated heterocycles. The molecule has 0 aromatic carbocycles. The minimum atomic E-state index is 0.757. The van der Waals surface area contributed by atoms with Gasteiger partial charge >= 0.3 is 0 Å². The Kier molecular flexibility index (Phi) is 3.58. The molecule has 0 N–H and O–H groups in total. The fraction of sp³-hybridized carbons (Fsp3) is 0.846. The topological polar surface area (TPSA) is 0 Å². The summed E-state index contributed by atoms with van der Waals surface area (Å²) in [5, 5.41) is 0. The summed E-state index contributed by atoms with van der Waals surface area (Å²) in [5.41, 5.74) is 1.38. The summed E-state index contributed by atoms with van der Waals surface area (Å²) in [6, 6.07) is 0. The van der Waals surface area contributed by atoms with Gasteiger partial charge in [0, 0.05) is 0 Å². The van der Waals surface area contributed by atoms with Crippen molar-refractivity contribution in [2.24, 2.45) is 23.7 Å². The zero-order chi connectivity index (χ0) is 10.0. The van der Waals surface area contributed by atoms with Gasteiger partial charge in [0.05, 0.1) is 0 Å². The maximum absolute atomic E-state index is 4.11. The van der Waals surface area contributed by atoms with E-state index in [1.165, 1.54) is 24.8 Å². The van der Waals surface area contributed by atoms with Gasteiger partial charge in [0.2, 0.25) is 0 Å². The van der Waals surface area contributed by atoms with E-state index in [9.17, 15) is 0 Å². The van der Waals surface area contributed by atoms with Crippen molar-refractivity contribution >= 4 is 0 Å². The monoisotopic (exact) mass is 180 g/mol. The van der Waals surface area contributed by atoms with Crippen molar-refractivity contribution in [1.82, 2.24) is 0 Å². The van der Waals surface area contributed by atoms with Crippen LogP contribution in [-0.2, 0) is 0 Å². The molecule has 0 aliphatic heterocycles. The molecule has 0 nitrogen and oxygen atoms in total. The lowest BCUT2D eigenvalue weighted by atomic mass is 9.64. The quantitative estimate of drug-likeness (QED) is 0.567. The van der Waals surface area contributed by atoms with Gasteiger partial charge < -0.3 is 0 Å². The van der Waals surface area contributed by atoms with Gasteiger partial charge in [-0.25, -0.2) is 0 Å². The summed E-state index contributed by atoms with van der Waals surface area (Å²) < 4.78 is 0. The third-order valence-electron chi connectivity index (χ3n) is 4.07. The Labute approximate surface area is 83.4 Å². The van der Waals surface area contributed by atoms with Crippen molar-refractivity contribution in [1.29, 1.82) is 0 Å². The van der Waals surface area contributed by atoms with Crippen LogP contribution in [0.3, 0.4) is 0 Å². The average Bonchev–Trinajstić information content (AvgIpc) is 2.02. The van der Waals surface area contributed by atoms with Crippen molar-refractivity contribution in [3.8, 4) is 0 Å². The predicted molar refractivity (Wildman–Crippen MR) is 59.6 cm³/mol. The molecule has 4 atom stereocenters. The van der Waals surface area contributed by atoms with E-state index in [0.717, 1.165) is 23.7 Å². The van der Waals surface area contributed by atoms with E-state index < -0.39 is 0 Å². The Morgan fingerprint density at radius 3 is 2.31 bits per heavy atom. The molecule has 1 saturated carbocycles. The molecule has 1 rings (SSSR count). The highest BCUT2D eigenvalue weighted by molar-refractivity contribution is 5.00. The van der Waals surface area contributed by atoms with E-state index in [1.807, 2.05) is 0 Å². The number of hydrogen-bond donors (Lipinski definition) is 0. The molecule has 1 aliphatic rings. The number of rotatable bonds is 4. The van der Waals surface area contributed by atoms with Gasteiger partial charge in [0.15, 0.2) is 0 Å². The highest BCUT2D eigenvalue weighted by Gasteiger charge is 2.34. The summed E-state index contributed by atoms with van der Waals surface area (Å²) >= 11 is 0. The van der Waals surface area contributed by atoms with Gasteiger partial charge in [-0.15, -0.1) is 0 Å². The fourth-order valence-electron chi connectivity index (χ4n) is 2.94. The Morgan fingerprint density at radius 1 is 1.46 bits per heavy atom. The second-order valence-electron chi connectivity index (χ2n) is 4.94. The zero-order valence-electron chi connectivity index (χ0n) is 9.64. The molecule has 1 aliphatic carbocycles. The minimum absolute atomic E-state index is 0.757. The van der Waals surface area contributed by atoms with Crippen molar-refractivity contribution < 1.29 is 0 Å². The molecule has 0 aromatic rings. The van der Waals surface area contributed by atoms with Crippen LogP contribution in [-0.4, -0.2) is 0 Å². The predicted octanol–water partition coefficient (Wildman–Crippen LogP) is 4.27. The molecule has 13 heavy (non-hydrogen) atoms. The maximum Gasteiger partial charge on any atom is -0.0183 e. The summed E-state index contributed by atoms with van der Waals surface area (Å²) in [6.45, 7) is 13.4. The van der Waals surface area contributed by atoms with Crippen LogP contribution in [0.5, 0.6) is 0 Å². The van der Waals surface area contributed by atoms with Gasteiger partial charge in [0.1, 0.15) is 0 Å². The highest BCUT2D eigenvalue weighted by atomic mass is 14.4. The van der Waals surface area contributed by atoms with Crippen LogP contribution in [0.2, 0.25) is 0 Å². The van der Waals surface area contributed by atoms with Crippen LogP contribution < -0.4 is 0 Å². The molecular formula is C13H24. The average molecular weight is 180 g/mol. The Morgan fingerprint density at radius 2 is 2.08 bits per heavy atom. The number of allylic oxidation sites excluding steroid dienone is 1. The van der Waals surface area contributed by atoms with Gasteiger partial charge in [-0.05, 0) is 43.4 Å². The lowest BCUT2D eigenvalue weighted by Crippen LogP contribution is -2.33. The molecule has 0 bridgehead atoms. The Hall–Kier alpha value is -0.260. The van der Waals surface area contributed by atoms with Crippen molar-refractivity contribution in [2.75, 3.05) is 0 Å². The lowest BCUT2D eigenvalue weighted by Gasteiger charge is -2.42. The summed E-state index contributed by atoms with van der Waals surface area (Å²) in [6.07, 6.45) is 4.16. The van der Waals surface area contributed by atoms with Gasteiger partial charge in [0.25, 0.3) is 0 Å². The standard InChI is InChI=1S/C13H24/c1-6-12(9(2)3)11(5)13-8-7-10(13)4/h10-13H,2,6-8H2,1,3-5H3. The van der Waals surface area contributed by atoms with Crippen LogP contribution >= 0.6 is 0 Å². The largest absolute Gasteiger partial charge is 0.0999 e. The Bertz CT molecular complexity index is 180. The van der Waals surface area contributed by atoms with Crippen LogP contribution in [0, 0.1) is 23.7 Å². The molecule has 0 aromatic heterocycles. The second kappa shape index (κ2) is 4.30. The van der Waals surface area contributed by atoms with E-state index in [0.29, 0.717) is 0 Å². The molecular weight excluding hydrogens is 156 g/mol. The molecule has 0 heterocycles. The van der Waals surface area contributed by atoms with Crippen LogP contribution in [0.1, 0.15) is 47.0 Å². The lowest BCUT2D eigenvalue weighted by molar-refractivity contribution is 0.0985. The first-order valence-electron chi connectivity index (χ1n) is 5.73. The van der Waals surface area contributed by atoms with E-state index in [1.54, 1.807) is 0 Å². The van der Waals surface area contributed by atoms with Crippen LogP contribution in [0.15, 0.2) is 12.2 Å². The summed E-state index contributed by atoms with van der Waals surface area (Å²) in [5.74, 6) is 3.55. The molecule has 0 spiro atoms. The van der Waals surface area contributed by atoms with Crippen molar-refractivity contribution in [3.05, 3.63) is 12.2 Å². The molecule has 1 fully saturated rings. The van der Waals surface area contributed by atoms with E-state index >= 15 is 0 Å². The van der Waals surface area contributed by atoms with E-state index in [4.69, 9.17) is 0 Å². The van der Waals surface area contributed by atoms with E-state index in [2.05, 4.69) is 34.3 Å². The molecule has 0 amide bonds. The summed E-state index contributed by atoms with van der Waals surface area (Å²) in [4.78, 5) is 0. The molecule has 0 radical (unpaired) electrons. The third-order valence-corrected chi connectivity index (χ3v) is 4.07. The number of hydrogen-bond acceptors (Lipinski definition) is 0. The SMILES string of the molecule is C=C(C)C(CC)C(C)C1CCC1C. The first-order chi connectivity index (χ1) is 6.07. The van der Waals surface area contributed by atoms with Gasteiger partial charge in [-0.2, -0.15) is 0 Å². The van der Waals surface area contributed by atoms with Crippen molar-refractivity contribution in [2.45, 2.75) is 47.0 Å². The van der Waals surface area contributed by atoms with Gasteiger partial charge in [-0.3, -0.25) is 0 Å². The van der Waals surface area contributed by atoms with Gasteiger partial charge in [-0.1, -0.05) is 39.3 Å². The molecule has 4 unspecified atom stereocenters. The molecule has 76 valence electrons. The normalized spacial score (nSPS) is 32.0. The second-order valence-corrected chi connectivity index (χ2v) is 4.94. The first-order valence-corrected chi connectivity index (χ1v) is 5.73. The smallest absolute Gasteiger partial charge is 0.0183 e. The van der Waals surface area contributed by atoms with Crippen LogP contribution in [0.4, 0.5) is 0 Å². The van der Waals surface area contributed by atoms with E-state index in [-0.39, 0.29) is 0 Å². The summed E-state index contributed by atoms with van der Waals surface area (Å²) in [7, 11) is 0. The van der Waals surface area contributed by atoms with Crippen LogP contribution in [0.25, 0.3) is 0 Å².